The van der Waals surface area contributed by atoms with Crippen molar-refractivity contribution >= 4 is 23.4 Å². The van der Waals surface area contributed by atoms with Crippen LogP contribution in [-0.4, -0.2) is 43.5 Å². The van der Waals surface area contributed by atoms with Crippen molar-refractivity contribution in [2.45, 2.75) is 19.0 Å². The molecule has 0 aliphatic carbocycles. The third-order valence-electron chi connectivity index (χ3n) is 5.18. The topological polar surface area (TPSA) is 67.9 Å². The van der Waals surface area contributed by atoms with Crippen molar-refractivity contribution in [1.29, 1.82) is 0 Å². The van der Waals surface area contributed by atoms with Crippen LogP contribution in [0.5, 0.6) is 11.5 Å². The zero-order chi connectivity index (χ0) is 23.6. The van der Waals surface area contributed by atoms with Gasteiger partial charge in [0.15, 0.2) is 6.61 Å². The van der Waals surface area contributed by atoms with Crippen molar-refractivity contribution in [3.63, 3.8) is 0 Å². The average Bonchev–Trinajstić information content (AvgIpc) is 2.86. The standard InChI is InChI=1S/C26H27ClN2O4/c1-28-26(31)24(16-19-7-4-3-5-8-19)29(17-20-9-6-10-23(15-20)32-2)25(30)18-33-22-13-11-21(27)12-14-22/h3-15,24H,16-18H2,1-2H3,(H,28,31). The Balaban J connectivity index is 1.87. The Bertz CT molecular complexity index is 1060. The van der Waals surface area contributed by atoms with Crippen molar-refractivity contribution in [2.75, 3.05) is 20.8 Å². The van der Waals surface area contributed by atoms with Gasteiger partial charge in [0.2, 0.25) is 5.91 Å². The van der Waals surface area contributed by atoms with E-state index < -0.39 is 6.04 Å². The minimum atomic E-state index is -0.718. The Morgan fingerprint density at radius 1 is 0.939 bits per heavy atom. The molecule has 3 rings (SSSR count). The van der Waals surface area contributed by atoms with Crippen molar-refractivity contribution in [2.24, 2.45) is 0 Å². The highest BCUT2D eigenvalue weighted by molar-refractivity contribution is 6.30. The zero-order valence-electron chi connectivity index (χ0n) is 18.7. The second kappa shape index (κ2) is 11.9. The van der Waals surface area contributed by atoms with Crippen LogP contribution >= 0.6 is 11.6 Å². The van der Waals surface area contributed by atoms with Gasteiger partial charge < -0.3 is 19.7 Å². The maximum absolute atomic E-state index is 13.4. The first-order chi connectivity index (χ1) is 16.0. The Labute approximate surface area is 199 Å². The third kappa shape index (κ3) is 6.99. The van der Waals surface area contributed by atoms with Gasteiger partial charge in [-0.15, -0.1) is 0 Å². The SMILES string of the molecule is CNC(=O)C(Cc1ccccc1)N(Cc1cccc(OC)c1)C(=O)COc1ccc(Cl)cc1. The average molecular weight is 467 g/mol. The van der Waals surface area contributed by atoms with Crippen LogP contribution in [0.4, 0.5) is 0 Å². The highest BCUT2D eigenvalue weighted by atomic mass is 35.5. The largest absolute Gasteiger partial charge is 0.497 e. The molecule has 33 heavy (non-hydrogen) atoms. The first-order valence-corrected chi connectivity index (χ1v) is 10.9. The van der Waals surface area contributed by atoms with Gasteiger partial charge in [-0.25, -0.2) is 0 Å². The number of halogens is 1. The van der Waals surface area contributed by atoms with E-state index in [0.29, 0.717) is 22.9 Å². The molecule has 7 heteroatoms. The molecule has 0 aromatic heterocycles. The molecule has 1 N–H and O–H groups in total. The lowest BCUT2D eigenvalue weighted by atomic mass is 10.0. The molecule has 3 aromatic rings. The molecule has 0 bridgehead atoms. The van der Waals surface area contributed by atoms with Crippen LogP contribution in [0.25, 0.3) is 0 Å². The maximum atomic E-state index is 13.4. The van der Waals surface area contributed by atoms with Crippen molar-refractivity contribution in [3.8, 4) is 11.5 Å². The number of hydrogen-bond donors (Lipinski definition) is 1. The molecule has 172 valence electrons. The monoisotopic (exact) mass is 466 g/mol. The van der Waals surface area contributed by atoms with Gasteiger partial charge in [0, 0.05) is 25.0 Å². The maximum Gasteiger partial charge on any atom is 0.261 e. The number of ether oxygens (including phenoxy) is 2. The summed E-state index contributed by atoms with van der Waals surface area (Å²) in [5.41, 5.74) is 1.80. The number of nitrogens with one attached hydrogen (secondary N) is 1. The number of carbonyl (C=O) groups excluding carboxylic acids is 2. The molecule has 0 fully saturated rings. The number of methoxy groups -OCH3 is 1. The normalized spacial score (nSPS) is 11.4. The fourth-order valence-corrected chi connectivity index (χ4v) is 3.57. The van der Waals surface area contributed by atoms with Gasteiger partial charge in [0.05, 0.1) is 7.11 Å². The summed E-state index contributed by atoms with van der Waals surface area (Å²) < 4.78 is 11.0. The summed E-state index contributed by atoms with van der Waals surface area (Å²) in [6.07, 6.45) is 0.372. The molecule has 0 saturated heterocycles. The molecule has 0 aliphatic heterocycles. The van der Waals surface area contributed by atoms with E-state index >= 15 is 0 Å². The van der Waals surface area contributed by atoms with E-state index in [4.69, 9.17) is 21.1 Å². The van der Waals surface area contributed by atoms with Crippen LogP contribution in [0, 0.1) is 0 Å². The van der Waals surface area contributed by atoms with Crippen LogP contribution in [0.3, 0.4) is 0 Å². The molecular formula is C26H27ClN2O4. The van der Waals surface area contributed by atoms with Crippen LogP contribution in [-0.2, 0) is 22.6 Å². The van der Waals surface area contributed by atoms with E-state index in [-0.39, 0.29) is 25.0 Å². The van der Waals surface area contributed by atoms with Crippen LogP contribution in [0.1, 0.15) is 11.1 Å². The molecule has 1 atom stereocenters. The van der Waals surface area contributed by atoms with Gasteiger partial charge in [-0.3, -0.25) is 9.59 Å². The summed E-state index contributed by atoms with van der Waals surface area (Å²) in [5, 5.41) is 3.28. The molecule has 0 spiro atoms. The number of amides is 2. The number of rotatable bonds is 10. The van der Waals surface area contributed by atoms with Crippen LogP contribution < -0.4 is 14.8 Å². The smallest absolute Gasteiger partial charge is 0.261 e. The van der Waals surface area contributed by atoms with Gasteiger partial charge in [0.25, 0.3) is 5.91 Å². The second-order valence-electron chi connectivity index (χ2n) is 7.44. The minimum Gasteiger partial charge on any atom is -0.497 e. The number of nitrogens with zero attached hydrogens (tertiary/aromatic N) is 1. The molecule has 3 aromatic carbocycles. The Morgan fingerprint density at radius 3 is 2.30 bits per heavy atom. The van der Waals surface area contributed by atoms with E-state index in [0.717, 1.165) is 11.1 Å². The number of benzene rings is 3. The molecule has 0 heterocycles. The number of hydrogen-bond acceptors (Lipinski definition) is 4. The highest BCUT2D eigenvalue weighted by Crippen LogP contribution is 2.20. The lowest BCUT2D eigenvalue weighted by molar-refractivity contribution is -0.142. The zero-order valence-corrected chi connectivity index (χ0v) is 19.4. The van der Waals surface area contributed by atoms with Gasteiger partial charge in [-0.2, -0.15) is 0 Å². The van der Waals surface area contributed by atoms with E-state index in [9.17, 15) is 9.59 Å². The molecule has 2 amide bonds. The predicted octanol–water partition coefficient (Wildman–Crippen LogP) is 4.11. The van der Waals surface area contributed by atoms with Gasteiger partial charge in [0.1, 0.15) is 17.5 Å². The lowest BCUT2D eigenvalue weighted by Gasteiger charge is -2.31. The van der Waals surface area contributed by atoms with Crippen LogP contribution in [0.15, 0.2) is 78.9 Å². The molecule has 1 unspecified atom stereocenters. The Morgan fingerprint density at radius 2 is 1.64 bits per heavy atom. The minimum absolute atomic E-state index is 0.214. The van der Waals surface area contributed by atoms with Crippen LogP contribution in [0.2, 0.25) is 5.02 Å². The van der Waals surface area contributed by atoms with Crippen molar-refractivity contribution in [3.05, 3.63) is 95.0 Å². The van der Waals surface area contributed by atoms with Gasteiger partial charge >= 0.3 is 0 Å². The first-order valence-electron chi connectivity index (χ1n) is 10.6. The molecular weight excluding hydrogens is 440 g/mol. The van der Waals surface area contributed by atoms with Crippen molar-refractivity contribution in [1.82, 2.24) is 10.2 Å². The van der Waals surface area contributed by atoms with Gasteiger partial charge in [-0.1, -0.05) is 54.1 Å². The highest BCUT2D eigenvalue weighted by Gasteiger charge is 2.30. The molecule has 0 radical (unpaired) electrons. The summed E-state index contributed by atoms with van der Waals surface area (Å²) in [6.45, 7) is 0.0127. The fraction of sp³-hybridized carbons (Fsp3) is 0.231. The summed E-state index contributed by atoms with van der Waals surface area (Å²) in [4.78, 5) is 27.8. The number of carbonyl (C=O) groups is 2. The van der Waals surface area contributed by atoms with E-state index in [1.807, 2.05) is 54.6 Å². The Kier molecular flexibility index (Phi) is 8.72. The lowest BCUT2D eigenvalue weighted by Crippen LogP contribution is -2.51. The van der Waals surface area contributed by atoms with E-state index in [1.54, 1.807) is 43.3 Å². The Hall–Kier alpha value is -3.51. The third-order valence-corrected chi connectivity index (χ3v) is 5.43. The van der Waals surface area contributed by atoms with Crippen molar-refractivity contribution < 1.29 is 19.1 Å². The molecule has 0 aliphatic rings. The second-order valence-corrected chi connectivity index (χ2v) is 7.87. The quantitative estimate of drug-likeness (QED) is 0.488. The summed E-state index contributed by atoms with van der Waals surface area (Å²) in [5.74, 6) is 0.643. The molecule has 6 nitrogen and oxygen atoms in total. The van der Waals surface area contributed by atoms with E-state index in [2.05, 4.69) is 5.32 Å². The number of likely N-dealkylation sites (N-methyl/N-ethyl adjacent to an activating group) is 1. The first kappa shape index (κ1) is 24.1. The summed E-state index contributed by atoms with van der Waals surface area (Å²) in [6, 6.07) is 23.1. The van der Waals surface area contributed by atoms with E-state index in [1.165, 1.54) is 0 Å². The van der Waals surface area contributed by atoms with Gasteiger partial charge in [-0.05, 0) is 47.5 Å². The summed E-state index contributed by atoms with van der Waals surface area (Å²) >= 11 is 5.92. The summed E-state index contributed by atoms with van der Waals surface area (Å²) in [7, 11) is 3.16. The predicted molar refractivity (Wildman–Crippen MR) is 128 cm³/mol. The molecule has 0 saturated carbocycles. The fourth-order valence-electron chi connectivity index (χ4n) is 3.45.